The van der Waals surface area contributed by atoms with Crippen LogP contribution in [0.2, 0.25) is 0 Å². The first-order chi connectivity index (χ1) is 8.03. The number of methoxy groups -OCH3 is 1. The quantitative estimate of drug-likeness (QED) is 0.687. The van der Waals surface area contributed by atoms with Crippen LogP contribution in [0, 0.1) is 6.33 Å². The van der Waals surface area contributed by atoms with Gasteiger partial charge in [-0.25, -0.2) is 4.79 Å². The minimum Gasteiger partial charge on any atom is -0.463 e. The molecule has 0 N–H and O–H groups in total. The highest BCUT2D eigenvalue weighted by molar-refractivity contribution is 5.85. The first kappa shape index (κ1) is 12.0. The van der Waals surface area contributed by atoms with Crippen LogP contribution >= 0.6 is 0 Å². The summed E-state index contributed by atoms with van der Waals surface area (Å²) in [4.78, 5) is 11.4. The molecular formula is C10H14N3O4. The van der Waals surface area contributed by atoms with Gasteiger partial charge in [0.15, 0.2) is 6.23 Å². The Labute approximate surface area is 98.7 Å². The molecule has 1 aromatic rings. The molecule has 0 spiro atoms. The average molecular weight is 240 g/mol. The van der Waals surface area contributed by atoms with E-state index in [9.17, 15) is 4.79 Å². The highest BCUT2D eigenvalue weighted by atomic mass is 16.6. The summed E-state index contributed by atoms with van der Waals surface area (Å²) in [6.45, 7) is 4.59. The van der Waals surface area contributed by atoms with Gasteiger partial charge in [-0.2, -0.15) is 0 Å². The molecule has 7 nitrogen and oxygen atoms in total. The summed E-state index contributed by atoms with van der Waals surface area (Å²) in [6, 6.07) is 0. The van der Waals surface area contributed by atoms with Gasteiger partial charge in [0, 0.05) is 0 Å². The molecule has 1 saturated heterocycles. The van der Waals surface area contributed by atoms with E-state index >= 15 is 0 Å². The van der Waals surface area contributed by atoms with E-state index in [-0.39, 0.29) is 11.4 Å². The normalized spacial score (nSPS) is 23.4. The van der Waals surface area contributed by atoms with Gasteiger partial charge < -0.3 is 14.2 Å². The molecule has 1 aromatic heterocycles. The van der Waals surface area contributed by atoms with Gasteiger partial charge >= 0.3 is 5.97 Å². The van der Waals surface area contributed by atoms with E-state index in [4.69, 9.17) is 9.47 Å². The Morgan fingerprint density at radius 3 is 3.00 bits per heavy atom. The van der Waals surface area contributed by atoms with Crippen LogP contribution in [0.1, 0.15) is 30.7 Å². The maximum absolute atomic E-state index is 11.4. The van der Waals surface area contributed by atoms with E-state index < -0.39 is 12.2 Å². The second kappa shape index (κ2) is 4.42. The number of hydrogen-bond donors (Lipinski definition) is 0. The molecule has 1 fully saturated rings. The van der Waals surface area contributed by atoms with Crippen LogP contribution < -0.4 is 0 Å². The number of esters is 1. The van der Waals surface area contributed by atoms with Crippen LogP contribution in [0.15, 0.2) is 0 Å². The summed E-state index contributed by atoms with van der Waals surface area (Å²) in [6.07, 6.45) is 2.12. The maximum Gasteiger partial charge on any atom is 0.376 e. The van der Waals surface area contributed by atoms with Crippen molar-refractivity contribution in [1.82, 2.24) is 14.8 Å². The molecule has 1 aliphatic rings. The SMILES string of the molecule is COC(=O)c1nn[c]n1C1COC(C)(C)CO1. The van der Waals surface area contributed by atoms with Crippen molar-refractivity contribution in [3.8, 4) is 0 Å². The van der Waals surface area contributed by atoms with Crippen molar-refractivity contribution in [1.29, 1.82) is 0 Å². The number of carbonyl (C=O) groups excluding carboxylic acids is 1. The second-order valence-corrected chi connectivity index (χ2v) is 4.32. The zero-order valence-corrected chi connectivity index (χ0v) is 9.97. The van der Waals surface area contributed by atoms with Crippen molar-refractivity contribution in [2.75, 3.05) is 20.3 Å². The standard InChI is InChI=1S/C10H14N3O4/c1-10(2)5-16-7(4-17-10)13-6-11-12-8(13)9(14)15-3/h7H,4-5H2,1-3H3. The topological polar surface area (TPSA) is 75.5 Å². The first-order valence-corrected chi connectivity index (χ1v) is 5.20. The van der Waals surface area contributed by atoms with Crippen LogP contribution in [0.25, 0.3) is 0 Å². The molecule has 2 heterocycles. The van der Waals surface area contributed by atoms with Crippen LogP contribution in [0.3, 0.4) is 0 Å². The second-order valence-electron chi connectivity index (χ2n) is 4.32. The minimum atomic E-state index is -0.577. The lowest BCUT2D eigenvalue weighted by Gasteiger charge is -2.35. The van der Waals surface area contributed by atoms with E-state index in [0.29, 0.717) is 13.2 Å². The molecule has 1 aliphatic heterocycles. The van der Waals surface area contributed by atoms with Crippen LogP contribution in [-0.4, -0.2) is 46.7 Å². The third kappa shape index (κ3) is 2.45. The van der Waals surface area contributed by atoms with Gasteiger partial charge in [0.2, 0.25) is 12.2 Å². The van der Waals surface area contributed by atoms with E-state index in [1.807, 2.05) is 13.8 Å². The molecule has 0 bridgehead atoms. The molecule has 1 radical (unpaired) electrons. The summed E-state index contributed by atoms with van der Waals surface area (Å²) in [7, 11) is 1.28. The molecule has 93 valence electrons. The monoisotopic (exact) mass is 240 g/mol. The molecule has 0 aromatic carbocycles. The van der Waals surface area contributed by atoms with E-state index in [2.05, 4.69) is 21.3 Å². The van der Waals surface area contributed by atoms with Gasteiger partial charge in [0.25, 0.3) is 0 Å². The van der Waals surface area contributed by atoms with Gasteiger partial charge in [0.05, 0.1) is 25.9 Å². The number of ether oxygens (including phenoxy) is 3. The van der Waals surface area contributed by atoms with Crippen molar-refractivity contribution in [3.05, 3.63) is 12.2 Å². The summed E-state index contributed by atoms with van der Waals surface area (Å²) < 4.78 is 17.2. The fraction of sp³-hybridized carbons (Fsp3) is 0.700. The number of aromatic nitrogens is 3. The Kier molecular flexibility index (Phi) is 3.12. The minimum absolute atomic E-state index is 0.0563. The Bertz CT molecular complexity index is 405. The van der Waals surface area contributed by atoms with E-state index in [0.717, 1.165) is 0 Å². The van der Waals surface area contributed by atoms with Crippen LogP contribution in [0.4, 0.5) is 0 Å². The summed E-state index contributed by atoms with van der Waals surface area (Å²) in [5.41, 5.74) is -0.323. The number of rotatable bonds is 2. The van der Waals surface area contributed by atoms with Crippen molar-refractivity contribution in [2.45, 2.75) is 25.7 Å². The van der Waals surface area contributed by atoms with Crippen molar-refractivity contribution >= 4 is 5.97 Å². The Balaban J connectivity index is 2.14. The zero-order valence-electron chi connectivity index (χ0n) is 9.97. The fourth-order valence-corrected chi connectivity index (χ4v) is 1.48. The molecule has 1 atom stereocenters. The maximum atomic E-state index is 11.4. The predicted molar refractivity (Wildman–Crippen MR) is 55.2 cm³/mol. The average Bonchev–Trinajstić information content (AvgIpc) is 2.77. The van der Waals surface area contributed by atoms with Gasteiger partial charge in [-0.05, 0) is 13.8 Å². The number of hydrogen-bond acceptors (Lipinski definition) is 6. The Morgan fingerprint density at radius 2 is 2.41 bits per heavy atom. The summed E-state index contributed by atoms with van der Waals surface area (Å²) in [5.74, 6) is -0.520. The predicted octanol–water partition coefficient (Wildman–Crippen LogP) is 0.189. The molecule has 0 aliphatic carbocycles. The molecule has 17 heavy (non-hydrogen) atoms. The van der Waals surface area contributed by atoms with Crippen molar-refractivity contribution < 1.29 is 19.0 Å². The lowest BCUT2D eigenvalue weighted by Crippen LogP contribution is -2.41. The molecule has 0 saturated carbocycles. The van der Waals surface area contributed by atoms with Crippen molar-refractivity contribution in [3.63, 3.8) is 0 Å². The molecule has 0 amide bonds. The zero-order chi connectivity index (χ0) is 12.5. The van der Waals surface area contributed by atoms with Crippen LogP contribution in [-0.2, 0) is 14.2 Å². The third-order valence-electron chi connectivity index (χ3n) is 2.42. The van der Waals surface area contributed by atoms with Gasteiger partial charge in [-0.1, -0.05) is 0 Å². The summed E-state index contributed by atoms with van der Waals surface area (Å²) >= 11 is 0. The third-order valence-corrected chi connectivity index (χ3v) is 2.42. The lowest BCUT2D eigenvalue weighted by molar-refractivity contribution is -0.199. The van der Waals surface area contributed by atoms with E-state index in [1.165, 1.54) is 11.7 Å². The van der Waals surface area contributed by atoms with Gasteiger partial charge in [-0.3, -0.25) is 4.57 Å². The molecule has 7 heteroatoms. The smallest absolute Gasteiger partial charge is 0.376 e. The highest BCUT2D eigenvalue weighted by Gasteiger charge is 2.31. The largest absolute Gasteiger partial charge is 0.463 e. The lowest BCUT2D eigenvalue weighted by atomic mass is 10.1. The fourth-order valence-electron chi connectivity index (χ4n) is 1.48. The molecular weight excluding hydrogens is 226 g/mol. The molecule has 2 rings (SSSR count). The van der Waals surface area contributed by atoms with Crippen LogP contribution in [0.5, 0.6) is 0 Å². The molecule has 1 unspecified atom stereocenters. The van der Waals surface area contributed by atoms with Gasteiger partial charge in [-0.15, -0.1) is 10.2 Å². The Hall–Kier alpha value is -1.47. The van der Waals surface area contributed by atoms with Crippen molar-refractivity contribution in [2.24, 2.45) is 0 Å². The van der Waals surface area contributed by atoms with Gasteiger partial charge in [0.1, 0.15) is 0 Å². The summed E-state index contributed by atoms with van der Waals surface area (Å²) in [5, 5.41) is 7.20. The van der Waals surface area contributed by atoms with E-state index in [1.54, 1.807) is 0 Å². The number of nitrogens with zero attached hydrogens (tertiary/aromatic N) is 3. The highest BCUT2D eigenvalue weighted by Crippen LogP contribution is 2.23. The first-order valence-electron chi connectivity index (χ1n) is 5.20. The number of carbonyl (C=O) groups is 1. The Morgan fingerprint density at radius 1 is 1.65 bits per heavy atom.